The zero-order valence-corrected chi connectivity index (χ0v) is 14.4. The maximum absolute atomic E-state index is 11.9. The summed E-state index contributed by atoms with van der Waals surface area (Å²) in [5, 5.41) is 5.53. The number of hydrogen-bond donors (Lipinski definition) is 2. The van der Waals surface area contributed by atoms with Crippen LogP contribution in [0, 0.1) is 0 Å². The number of rotatable bonds is 8. The van der Waals surface area contributed by atoms with Gasteiger partial charge in [0.2, 0.25) is 5.91 Å². The van der Waals surface area contributed by atoms with Crippen molar-refractivity contribution in [3.05, 3.63) is 48.5 Å². The molecule has 0 aliphatic rings. The fourth-order valence-electron chi connectivity index (χ4n) is 2.11. The summed E-state index contributed by atoms with van der Waals surface area (Å²) < 4.78 is 10.5. The predicted molar refractivity (Wildman–Crippen MR) is 97.1 cm³/mol. The third kappa shape index (κ3) is 6.18. The van der Waals surface area contributed by atoms with Crippen molar-refractivity contribution in [2.45, 2.75) is 19.8 Å². The van der Waals surface area contributed by atoms with Crippen molar-refractivity contribution in [1.82, 2.24) is 0 Å². The Balaban J connectivity index is 1.80. The molecular weight excluding hydrogens is 320 g/mol. The van der Waals surface area contributed by atoms with Gasteiger partial charge < -0.3 is 20.1 Å². The van der Waals surface area contributed by atoms with Crippen LogP contribution in [-0.4, -0.2) is 25.5 Å². The monoisotopic (exact) mass is 342 g/mol. The Hall–Kier alpha value is -3.02. The van der Waals surface area contributed by atoms with E-state index in [2.05, 4.69) is 10.6 Å². The van der Waals surface area contributed by atoms with Crippen LogP contribution in [0.15, 0.2) is 48.5 Å². The highest BCUT2D eigenvalue weighted by molar-refractivity contribution is 5.93. The smallest absolute Gasteiger partial charge is 0.262 e. The third-order valence-electron chi connectivity index (χ3n) is 3.36. The first kappa shape index (κ1) is 18.3. The Morgan fingerprint density at radius 3 is 1.88 bits per heavy atom. The molecule has 6 nitrogen and oxygen atoms in total. The molecule has 6 heteroatoms. The van der Waals surface area contributed by atoms with Gasteiger partial charge in [0.25, 0.3) is 5.91 Å². The minimum Gasteiger partial charge on any atom is -0.497 e. The van der Waals surface area contributed by atoms with E-state index in [0.29, 0.717) is 23.5 Å². The maximum Gasteiger partial charge on any atom is 0.262 e. The Bertz CT molecular complexity index is 696. The minimum absolute atomic E-state index is 0.0211. The number of amides is 2. The zero-order chi connectivity index (χ0) is 18.1. The van der Waals surface area contributed by atoms with Crippen molar-refractivity contribution in [2.75, 3.05) is 24.4 Å². The molecule has 0 atom stereocenters. The van der Waals surface area contributed by atoms with Gasteiger partial charge >= 0.3 is 0 Å². The number of benzene rings is 2. The van der Waals surface area contributed by atoms with Gasteiger partial charge in [0.1, 0.15) is 11.5 Å². The van der Waals surface area contributed by atoms with Gasteiger partial charge in [-0.15, -0.1) is 0 Å². The summed E-state index contributed by atoms with van der Waals surface area (Å²) >= 11 is 0. The molecule has 0 saturated heterocycles. The molecule has 0 spiro atoms. The van der Waals surface area contributed by atoms with Gasteiger partial charge in [-0.2, -0.15) is 0 Å². The SMILES string of the molecule is CCCC(=O)Nc1ccc(NC(=O)COc2ccc(OC)cc2)cc1. The molecule has 132 valence electrons. The van der Waals surface area contributed by atoms with E-state index < -0.39 is 0 Å². The van der Waals surface area contributed by atoms with Crippen molar-refractivity contribution >= 4 is 23.2 Å². The van der Waals surface area contributed by atoms with E-state index in [1.165, 1.54) is 0 Å². The third-order valence-corrected chi connectivity index (χ3v) is 3.36. The number of methoxy groups -OCH3 is 1. The van der Waals surface area contributed by atoms with Gasteiger partial charge in [0.15, 0.2) is 6.61 Å². The molecule has 0 aliphatic carbocycles. The fourth-order valence-corrected chi connectivity index (χ4v) is 2.11. The molecule has 0 radical (unpaired) electrons. The van der Waals surface area contributed by atoms with Crippen LogP contribution < -0.4 is 20.1 Å². The predicted octanol–water partition coefficient (Wildman–Crippen LogP) is 3.45. The Morgan fingerprint density at radius 2 is 1.36 bits per heavy atom. The Labute approximate surface area is 147 Å². The number of carbonyl (C=O) groups excluding carboxylic acids is 2. The number of hydrogen-bond acceptors (Lipinski definition) is 4. The highest BCUT2D eigenvalue weighted by Crippen LogP contribution is 2.17. The lowest BCUT2D eigenvalue weighted by Gasteiger charge is -2.09. The molecular formula is C19H22N2O4. The second kappa shape index (κ2) is 9.32. The largest absolute Gasteiger partial charge is 0.497 e. The maximum atomic E-state index is 11.9. The van der Waals surface area contributed by atoms with E-state index in [4.69, 9.17) is 9.47 Å². The van der Waals surface area contributed by atoms with Crippen LogP contribution in [-0.2, 0) is 9.59 Å². The van der Waals surface area contributed by atoms with Gasteiger partial charge in [-0.3, -0.25) is 9.59 Å². The summed E-state index contributed by atoms with van der Waals surface area (Å²) in [5.41, 5.74) is 1.34. The topological polar surface area (TPSA) is 76.7 Å². The quantitative estimate of drug-likeness (QED) is 0.770. The second-order valence-corrected chi connectivity index (χ2v) is 5.39. The summed E-state index contributed by atoms with van der Waals surface area (Å²) in [6.07, 6.45) is 1.29. The van der Waals surface area contributed by atoms with E-state index in [-0.39, 0.29) is 18.4 Å². The molecule has 0 aliphatic heterocycles. The lowest BCUT2D eigenvalue weighted by molar-refractivity contribution is -0.118. The highest BCUT2D eigenvalue weighted by Gasteiger charge is 2.05. The second-order valence-electron chi connectivity index (χ2n) is 5.39. The summed E-state index contributed by atoms with van der Waals surface area (Å²) in [6, 6.07) is 13.9. The molecule has 0 unspecified atom stereocenters. The van der Waals surface area contributed by atoms with Crippen LogP contribution in [0.2, 0.25) is 0 Å². The highest BCUT2D eigenvalue weighted by atomic mass is 16.5. The number of ether oxygens (including phenoxy) is 2. The summed E-state index contributed by atoms with van der Waals surface area (Å²) in [5.74, 6) is 1.03. The van der Waals surface area contributed by atoms with E-state index >= 15 is 0 Å². The number of nitrogens with one attached hydrogen (secondary N) is 2. The Morgan fingerprint density at radius 1 is 0.840 bits per heavy atom. The molecule has 25 heavy (non-hydrogen) atoms. The van der Waals surface area contributed by atoms with Crippen LogP contribution in [0.25, 0.3) is 0 Å². The van der Waals surface area contributed by atoms with Crippen molar-refractivity contribution in [3.8, 4) is 11.5 Å². The van der Waals surface area contributed by atoms with Gasteiger partial charge in [-0.25, -0.2) is 0 Å². The van der Waals surface area contributed by atoms with E-state index in [1.54, 1.807) is 55.6 Å². The van der Waals surface area contributed by atoms with Gasteiger partial charge in [-0.1, -0.05) is 6.92 Å². The van der Waals surface area contributed by atoms with Crippen LogP contribution in [0.3, 0.4) is 0 Å². The molecule has 0 heterocycles. The van der Waals surface area contributed by atoms with Gasteiger partial charge in [-0.05, 0) is 55.0 Å². The van der Waals surface area contributed by atoms with E-state index in [9.17, 15) is 9.59 Å². The normalized spacial score (nSPS) is 10.0. The van der Waals surface area contributed by atoms with E-state index in [1.807, 2.05) is 6.92 Å². The Kier molecular flexibility index (Phi) is 6.83. The average Bonchev–Trinajstić information content (AvgIpc) is 2.62. The molecule has 2 aromatic carbocycles. The van der Waals surface area contributed by atoms with Crippen LogP contribution in [0.4, 0.5) is 11.4 Å². The van der Waals surface area contributed by atoms with Gasteiger partial charge in [0, 0.05) is 17.8 Å². The number of anilines is 2. The van der Waals surface area contributed by atoms with Crippen molar-refractivity contribution in [3.63, 3.8) is 0 Å². The summed E-state index contributed by atoms with van der Waals surface area (Å²) in [7, 11) is 1.59. The minimum atomic E-state index is -0.265. The van der Waals surface area contributed by atoms with Crippen molar-refractivity contribution in [2.24, 2.45) is 0 Å². The molecule has 2 amide bonds. The van der Waals surface area contributed by atoms with Crippen LogP contribution >= 0.6 is 0 Å². The lowest BCUT2D eigenvalue weighted by atomic mass is 10.2. The van der Waals surface area contributed by atoms with Crippen molar-refractivity contribution < 1.29 is 19.1 Å². The fraction of sp³-hybridized carbons (Fsp3) is 0.263. The molecule has 2 N–H and O–H groups in total. The number of carbonyl (C=O) groups is 2. The van der Waals surface area contributed by atoms with Gasteiger partial charge in [0.05, 0.1) is 7.11 Å². The molecule has 0 aromatic heterocycles. The van der Waals surface area contributed by atoms with Crippen LogP contribution in [0.5, 0.6) is 11.5 Å². The molecule has 2 aromatic rings. The first-order chi connectivity index (χ1) is 12.1. The first-order valence-corrected chi connectivity index (χ1v) is 8.07. The summed E-state index contributed by atoms with van der Waals surface area (Å²) in [4.78, 5) is 23.5. The standard InChI is InChI=1S/C19H22N2O4/c1-3-4-18(22)20-14-5-7-15(8-6-14)21-19(23)13-25-17-11-9-16(24-2)10-12-17/h5-12H,3-4,13H2,1-2H3,(H,20,22)(H,21,23). The summed E-state index contributed by atoms with van der Waals surface area (Å²) in [6.45, 7) is 1.85. The van der Waals surface area contributed by atoms with Crippen molar-refractivity contribution in [1.29, 1.82) is 0 Å². The zero-order valence-electron chi connectivity index (χ0n) is 14.4. The lowest BCUT2D eigenvalue weighted by Crippen LogP contribution is -2.20. The van der Waals surface area contributed by atoms with Crippen LogP contribution in [0.1, 0.15) is 19.8 Å². The average molecular weight is 342 g/mol. The molecule has 2 rings (SSSR count). The van der Waals surface area contributed by atoms with E-state index in [0.717, 1.165) is 12.2 Å². The molecule has 0 fully saturated rings. The molecule has 0 saturated carbocycles. The first-order valence-electron chi connectivity index (χ1n) is 8.07. The molecule has 0 bridgehead atoms.